The standard InChI is InChI=1S/C15H24ClN3O3/c1-22-8-5-15(12-20)4-2-6-18(11-15)14(21)3-7-19-10-13(16)9-17-19/h9-10,20H,2-8,11-12H2,1H3. The summed E-state index contributed by atoms with van der Waals surface area (Å²) in [7, 11) is 1.66. The van der Waals surface area contributed by atoms with Crippen LogP contribution in [0.3, 0.4) is 0 Å². The van der Waals surface area contributed by atoms with E-state index < -0.39 is 0 Å². The number of halogens is 1. The van der Waals surface area contributed by atoms with Crippen molar-refractivity contribution in [3.05, 3.63) is 17.4 Å². The molecule has 1 saturated heterocycles. The third kappa shape index (κ3) is 4.44. The second-order valence-corrected chi connectivity index (χ2v) is 6.43. The van der Waals surface area contributed by atoms with E-state index in [9.17, 15) is 9.90 Å². The maximum atomic E-state index is 12.4. The number of carbonyl (C=O) groups is 1. The Kier molecular flexibility index (Phi) is 6.23. The fourth-order valence-corrected chi connectivity index (χ4v) is 3.14. The van der Waals surface area contributed by atoms with Crippen LogP contribution in [0.1, 0.15) is 25.7 Å². The van der Waals surface area contributed by atoms with Crippen LogP contribution in [0, 0.1) is 5.41 Å². The van der Waals surface area contributed by atoms with Gasteiger partial charge in [0.1, 0.15) is 0 Å². The number of hydrogen-bond acceptors (Lipinski definition) is 4. The molecule has 0 spiro atoms. The van der Waals surface area contributed by atoms with Crippen LogP contribution >= 0.6 is 11.6 Å². The van der Waals surface area contributed by atoms with E-state index in [0.717, 1.165) is 25.8 Å². The number of carbonyl (C=O) groups excluding carboxylic acids is 1. The van der Waals surface area contributed by atoms with Gasteiger partial charge in [-0.3, -0.25) is 9.48 Å². The molecule has 1 aliphatic heterocycles. The highest BCUT2D eigenvalue weighted by atomic mass is 35.5. The molecule has 0 aromatic carbocycles. The topological polar surface area (TPSA) is 67.6 Å². The molecule has 1 amide bonds. The van der Waals surface area contributed by atoms with Gasteiger partial charge < -0.3 is 14.7 Å². The van der Waals surface area contributed by atoms with Gasteiger partial charge in [-0.2, -0.15) is 5.10 Å². The molecule has 1 N–H and O–H groups in total. The Hall–Kier alpha value is -1.11. The molecule has 2 heterocycles. The molecule has 1 atom stereocenters. The largest absolute Gasteiger partial charge is 0.396 e. The molecular weight excluding hydrogens is 306 g/mol. The first-order valence-electron chi connectivity index (χ1n) is 7.64. The predicted molar refractivity (Wildman–Crippen MR) is 83.7 cm³/mol. The van der Waals surface area contributed by atoms with E-state index in [1.807, 2.05) is 4.90 Å². The number of rotatable bonds is 7. The minimum absolute atomic E-state index is 0.0922. The Bertz CT molecular complexity index is 494. The van der Waals surface area contributed by atoms with Crippen LogP contribution in [-0.2, 0) is 16.1 Å². The van der Waals surface area contributed by atoms with Gasteiger partial charge in [-0.25, -0.2) is 0 Å². The molecule has 2 rings (SSSR count). The SMILES string of the molecule is COCCC1(CO)CCCN(C(=O)CCn2cc(Cl)cn2)C1. The first-order valence-corrected chi connectivity index (χ1v) is 8.02. The van der Waals surface area contributed by atoms with Crippen LogP contribution in [0.25, 0.3) is 0 Å². The number of aliphatic hydroxyl groups excluding tert-OH is 1. The normalized spacial score (nSPS) is 22.0. The Morgan fingerprint density at radius 2 is 2.41 bits per heavy atom. The van der Waals surface area contributed by atoms with Gasteiger partial charge >= 0.3 is 0 Å². The number of hydrogen-bond donors (Lipinski definition) is 1. The number of likely N-dealkylation sites (tertiary alicyclic amines) is 1. The van der Waals surface area contributed by atoms with Crippen LogP contribution < -0.4 is 0 Å². The molecule has 124 valence electrons. The second-order valence-electron chi connectivity index (χ2n) is 5.99. The molecule has 22 heavy (non-hydrogen) atoms. The zero-order valence-electron chi connectivity index (χ0n) is 13.0. The zero-order valence-corrected chi connectivity index (χ0v) is 13.8. The number of aliphatic hydroxyl groups is 1. The lowest BCUT2D eigenvalue weighted by atomic mass is 9.78. The number of nitrogens with zero attached hydrogens (tertiary/aromatic N) is 3. The highest BCUT2D eigenvalue weighted by molar-refractivity contribution is 6.30. The summed E-state index contributed by atoms with van der Waals surface area (Å²) < 4.78 is 6.81. The van der Waals surface area contributed by atoms with Crippen molar-refractivity contribution in [1.29, 1.82) is 0 Å². The molecule has 1 aromatic heterocycles. The van der Waals surface area contributed by atoms with Gasteiger partial charge in [0.05, 0.1) is 17.8 Å². The molecule has 1 unspecified atom stereocenters. The summed E-state index contributed by atoms with van der Waals surface area (Å²) in [6.07, 6.45) is 6.30. The third-order valence-electron chi connectivity index (χ3n) is 4.34. The van der Waals surface area contributed by atoms with Crippen molar-refractivity contribution < 1.29 is 14.6 Å². The van der Waals surface area contributed by atoms with Crippen LogP contribution in [0.15, 0.2) is 12.4 Å². The van der Waals surface area contributed by atoms with Crippen molar-refractivity contribution in [2.45, 2.75) is 32.2 Å². The lowest BCUT2D eigenvalue weighted by Gasteiger charge is -2.42. The van der Waals surface area contributed by atoms with E-state index in [0.29, 0.717) is 31.1 Å². The van der Waals surface area contributed by atoms with E-state index >= 15 is 0 Å². The van der Waals surface area contributed by atoms with Crippen LogP contribution in [0.4, 0.5) is 0 Å². The Labute approximate surface area is 136 Å². The molecule has 0 saturated carbocycles. The Balaban J connectivity index is 1.88. The average Bonchev–Trinajstić information content (AvgIpc) is 2.96. The molecule has 1 fully saturated rings. The summed E-state index contributed by atoms with van der Waals surface area (Å²) in [5.74, 6) is 0.0987. The van der Waals surface area contributed by atoms with Crippen LogP contribution in [-0.4, -0.2) is 59.1 Å². The lowest BCUT2D eigenvalue weighted by Crippen LogP contribution is -2.48. The van der Waals surface area contributed by atoms with Gasteiger partial charge in [0.15, 0.2) is 0 Å². The summed E-state index contributed by atoms with van der Waals surface area (Å²) in [5, 5.41) is 14.4. The van der Waals surface area contributed by atoms with Gasteiger partial charge in [-0.15, -0.1) is 0 Å². The summed E-state index contributed by atoms with van der Waals surface area (Å²) >= 11 is 5.81. The number of amides is 1. The third-order valence-corrected chi connectivity index (χ3v) is 4.54. The minimum Gasteiger partial charge on any atom is -0.396 e. The van der Waals surface area contributed by atoms with Gasteiger partial charge in [0.2, 0.25) is 5.91 Å². The van der Waals surface area contributed by atoms with Gasteiger partial charge in [0.25, 0.3) is 0 Å². The Morgan fingerprint density at radius 3 is 3.05 bits per heavy atom. The molecular formula is C15H24ClN3O3. The number of ether oxygens (including phenoxy) is 1. The highest BCUT2D eigenvalue weighted by Crippen LogP contribution is 2.33. The van der Waals surface area contributed by atoms with Crippen LogP contribution in [0.2, 0.25) is 5.02 Å². The first-order chi connectivity index (χ1) is 10.6. The van der Waals surface area contributed by atoms with Crippen molar-refractivity contribution in [3.63, 3.8) is 0 Å². The first kappa shape index (κ1) is 17.2. The molecule has 1 aromatic rings. The molecule has 1 aliphatic rings. The van der Waals surface area contributed by atoms with Crippen LogP contribution in [0.5, 0.6) is 0 Å². The summed E-state index contributed by atoms with van der Waals surface area (Å²) in [6.45, 7) is 2.58. The highest BCUT2D eigenvalue weighted by Gasteiger charge is 2.36. The van der Waals surface area contributed by atoms with E-state index in [1.54, 1.807) is 24.2 Å². The summed E-state index contributed by atoms with van der Waals surface area (Å²) in [5.41, 5.74) is -0.223. The number of aryl methyl sites for hydroxylation is 1. The van der Waals surface area contributed by atoms with Crippen molar-refractivity contribution in [2.75, 3.05) is 33.4 Å². The van der Waals surface area contributed by atoms with E-state index in [1.165, 1.54) is 0 Å². The zero-order chi connectivity index (χ0) is 16.0. The quantitative estimate of drug-likeness (QED) is 0.824. The molecule has 0 bridgehead atoms. The second kappa shape index (κ2) is 7.94. The van der Waals surface area contributed by atoms with E-state index in [2.05, 4.69) is 5.10 Å². The minimum atomic E-state index is -0.223. The molecule has 6 nitrogen and oxygen atoms in total. The maximum Gasteiger partial charge on any atom is 0.224 e. The predicted octanol–water partition coefficient (Wildman–Crippen LogP) is 1.56. The number of piperidine rings is 1. The van der Waals surface area contributed by atoms with Gasteiger partial charge in [-0.05, 0) is 19.3 Å². The van der Waals surface area contributed by atoms with Crippen molar-refractivity contribution in [2.24, 2.45) is 5.41 Å². The molecule has 0 aliphatic carbocycles. The monoisotopic (exact) mass is 329 g/mol. The average molecular weight is 330 g/mol. The summed E-state index contributed by atoms with van der Waals surface area (Å²) in [6, 6.07) is 0. The van der Waals surface area contributed by atoms with Crippen molar-refractivity contribution in [3.8, 4) is 0 Å². The Morgan fingerprint density at radius 1 is 1.59 bits per heavy atom. The summed E-state index contributed by atoms with van der Waals surface area (Å²) in [4.78, 5) is 14.3. The van der Waals surface area contributed by atoms with Gasteiger partial charge in [0, 0.05) is 51.4 Å². The number of methoxy groups -OCH3 is 1. The smallest absolute Gasteiger partial charge is 0.224 e. The lowest BCUT2D eigenvalue weighted by molar-refractivity contribution is -0.136. The fourth-order valence-electron chi connectivity index (χ4n) is 2.98. The van der Waals surface area contributed by atoms with Crippen molar-refractivity contribution in [1.82, 2.24) is 14.7 Å². The maximum absolute atomic E-state index is 12.4. The molecule has 7 heteroatoms. The van der Waals surface area contributed by atoms with Gasteiger partial charge in [-0.1, -0.05) is 11.6 Å². The molecule has 0 radical (unpaired) electrons. The van der Waals surface area contributed by atoms with Crippen molar-refractivity contribution >= 4 is 17.5 Å². The number of aromatic nitrogens is 2. The van der Waals surface area contributed by atoms with E-state index in [4.69, 9.17) is 16.3 Å². The van der Waals surface area contributed by atoms with E-state index in [-0.39, 0.29) is 17.9 Å². The fraction of sp³-hybridized carbons (Fsp3) is 0.733.